The van der Waals surface area contributed by atoms with Crippen LogP contribution in [0.2, 0.25) is 0 Å². The molecular weight excluding hydrogens is 344 g/mol. The maximum absolute atomic E-state index is 8.67. The van der Waals surface area contributed by atoms with Crippen LogP contribution in [0, 0.1) is 5.92 Å². The zero-order chi connectivity index (χ0) is 21.1. The molecule has 0 rings (SSSR count). The van der Waals surface area contributed by atoms with Crippen LogP contribution >= 0.6 is 0 Å². The molecule has 0 aliphatic carbocycles. The zero-order valence-electron chi connectivity index (χ0n) is 20.0. The lowest BCUT2D eigenvalue weighted by molar-refractivity contribution is 0.281. The molecule has 0 saturated heterocycles. The van der Waals surface area contributed by atoms with Crippen LogP contribution in [0.3, 0.4) is 0 Å². The molecule has 0 radical (unpaired) electrons. The highest BCUT2D eigenvalue weighted by Gasteiger charge is 1.94. The fraction of sp³-hybridized carbons (Fsp3) is 1.00. The fourth-order valence-electron chi connectivity index (χ4n) is 3.50. The second-order valence-electron chi connectivity index (χ2n) is 8.99. The summed E-state index contributed by atoms with van der Waals surface area (Å²) in [6, 6.07) is 0. The van der Waals surface area contributed by atoms with Gasteiger partial charge in [0.05, 0.1) is 0 Å². The number of rotatable bonds is 21. The van der Waals surface area contributed by atoms with Gasteiger partial charge in [0.1, 0.15) is 0 Å². The van der Waals surface area contributed by atoms with Gasteiger partial charge < -0.3 is 10.2 Å². The van der Waals surface area contributed by atoms with Gasteiger partial charge in [-0.2, -0.15) is 0 Å². The van der Waals surface area contributed by atoms with Crippen LogP contribution < -0.4 is 0 Å². The van der Waals surface area contributed by atoms with Crippen molar-refractivity contribution in [3.63, 3.8) is 0 Å². The molecule has 0 bridgehead atoms. The monoisotopic (exact) mass is 400 g/mol. The van der Waals surface area contributed by atoms with Crippen LogP contribution in [0.25, 0.3) is 0 Å². The summed E-state index contributed by atoms with van der Waals surface area (Å²) in [5.74, 6) is 0.823. The predicted molar refractivity (Wildman–Crippen MR) is 127 cm³/mol. The van der Waals surface area contributed by atoms with E-state index in [1.807, 2.05) is 0 Å². The van der Waals surface area contributed by atoms with Crippen LogP contribution in [0.5, 0.6) is 0 Å². The Bertz CT molecular complexity index is 225. The quantitative estimate of drug-likeness (QED) is 0.190. The van der Waals surface area contributed by atoms with Crippen molar-refractivity contribution in [1.82, 2.24) is 0 Å². The average molecular weight is 401 g/mol. The third-order valence-corrected chi connectivity index (χ3v) is 5.45. The van der Waals surface area contributed by atoms with Gasteiger partial charge in [0.15, 0.2) is 0 Å². The first-order chi connectivity index (χ1) is 13.7. The molecule has 0 aromatic carbocycles. The Morgan fingerprint density at radius 2 is 0.714 bits per heavy atom. The second-order valence-corrected chi connectivity index (χ2v) is 8.99. The summed E-state index contributed by atoms with van der Waals surface area (Å²) in [5, 5.41) is 17.1. The molecule has 0 spiro atoms. The lowest BCUT2D eigenvalue weighted by Gasteiger charge is -2.03. The van der Waals surface area contributed by atoms with Gasteiger partial charge in [-0.15, -0.1) is 0 Å². The number of aliphatic hydroxyl groups is 2. The molecule has 0 aliphatic rings. The normalized spacial score (nSPS) is 10.9. The topological polar surface area (TPSA) is 40.5 Å². The molecule has 2 heteroatoms. The van der Waals surface area contributed by atoms with Gasteiger partial charge in [-0.05, 0) is 18.8 Å². The highest BCUT2D eigenvalue weighted by atomic mass is 16.3. The molecule has 0 aromatic rings. The number of hydrogen-bond acceptors (Lipinski definition) is 2. The first-order valence-electron chi connectivity index (χ1n) is 12.9. The van der Waals surface area contributed by atoms with Crippen LogP contribution in [0.1, 0.15) is 149 Å². The molecule has 0 fully saturated rings. The van der Waals surface area contributed by atoms with E-state index >= 15 is 0 Å². The number of aliphatic hydroxyl groups excluding tert-OH is 2. The third kappa shape index (κ3) is 33.5. The average Bonchev–Trinajstić information content (AvgIpc) is 2.69. The summed E-state index contributed by atoms with van der Waals surface area (Å²) >= 11 is 0. The molecular formula is C26H56O2. The van der Waals surface area contributed by atoms with Crippen LogP contribution in [-0.2, 0) is 0 Å². The Morgan fingerprint density at radius 1 is 0.429 bits per heavy atom. The molecule has 0 unspecified atom stereocenters. The summed E-state index contributed by atoms with van der Waals surface area (Å²) in [7, 11) is 0. The van der Waals surface area contributed by atoms with Gasteiger partial charge in [0, 0.05) is 13.2 Å². The van der Waals surface area contributed by atoms with Gasteiger partial charge in [0.25, 0.3) is 0 Å². The van der Waals surface area contributed by atoms with E-state index in [0.717, 1.165) is 18.8 Å². The smallest absolute Gasteiger partial charge is 0.0431 e. The summed E-state index contributed by atoms with van der Waals surface area (Å²) in [6.45, 7) is 7.49. The van der Waals surface area contributed by atoms with E-state index in [9.17, 15) is 0 Å². The fourth-order valence-corrected chi connectivity index (χ4v) is 3.50. The standard InChI is InChI=1S/C18H38O.C8H18O/c1-2-3-4-5-6-7-8-9-10-11-12-13-14-15-16-17-18-19;1-8(2)6-4-3-5-7-9/h19H,2-18H2,1H3;8-9H,3-7H2,1-2H3. The van der Waals surface area contributed by atoms with E-state index in [1.165, 1.54) is 116 Å². The van der Waals surface area contributed by atoms with Crippen LogP contribution in [0.15, 0.2) is 0 Å². The van der Waals surface area contributed by atoms with Gasteiger partial charge >= 0.3 is 0 Å². The second kappa shape index (κ2) is 29.1. The molecule has 0 aliphatic heterocycles. The Balaban J connectivity index is 0. The largest absolute Gasteiger partial charge is 0.396 e. The van der Waals surface area contributed by atoms with Crippen molar-refractivity contribution in [1.29, 1.82) is 0 Å². The lowest BCUT2D eigenvalue weighted by atomic mass is 10.0. The minimum absolute atomic E-state index is 0.359. The summed E-state index contributed by atoms with van der Waals surface area (Å²) < 4.78 is 0. The van der Waals surface area contributed by atoms with Crippen molar-refractivity contribution in [3.8, 4) is 0 Å². The van der Waals surface area contributed by atoms with Crippen molar-refractivity contribution in [2.45, 2.75) is 149 Å². The first kappa shape index (κ1) is 30.1. The van der Waals surface area contributed by atoms with Crippen LogP contribution in [-0.4, -0.2) is 23.4 Å². The maximum Gasteiger partial charge on any atom is 0.0431 e. The van der Waals surface area contributed by atoms with Crippen molar-refractivity contribution in [2.75, 3.05) is 13.2 Å². The predicted octanol–water partition coefficient (Wildman–Crippen LogP) is 8.44. The van der Waals surface area contributed by atoms with E-state index in [1.54, 1.807) is 0 Å². The molecule has 172 valence electrons. The SMILES string of the molecule is CC(C)CCCCCO.CCCCCCCCCCCCCCCCCCO. The minimum Gasteiger partial charge on any atom is -0.396 e. The van der Waals surface area contributed by atoms with Crippen molar-refractivity contribution < 1.29 is 10.2 Å². The molecule has 0 atom stereocenters. The van der Waals surface area contributed by atoms with Gasteiger partial charge in [-0.1, -0.05) is 136 Å². The Labute approximate surface area is 178 Å². The van der Waals surface area contributed by atoms with E-state index in [4.69, 9.17) is 10.2 Å². The highest BCUT2D eigenvalue weighted by Crippen LogP contribution is 2.13. The molecule has 0 heterocycles. The third-order valence-electron chi connectivity index (χ3n) is 5.45. The summed E-state index contributed by atoms with van der Waals surface area (Å²) in [4.78, 5) is 0. The van der Waals surface area contributed by atoms with Crippen LogP contribution in [0.4, 0.5) is 0 Å². The molecule has 0 saturated carbocycles. The van der Waals surface area contributed by atoms with Crippen molar-refractivity contribution in [2.24, 2.45) is 5.92 Å². The molecule has 28 heavy (non-hydrogen) atoms. The number of hydrogen-bond donors (Lipinski definition) is 2. The highest BCUT2D eigenvalue weighted by molar-refractivity contribution is 4.49. The van der Waals surface area contributed by atoms with Gasteiger partial charge in [-0.25, -0.2) is 0 Å². The Hall–Kier alpha value is -0.0800. The minimum atomic E-state index is 0.359. The van der Waals surface area contributed by atoms with E-state index in [0.29, 0.717) is 13.2 Å². The van der Waals surface area contributed by atoms with Gasteiger partial charge in [-0.3, -0.25) is 0 Å². The molecule has 2 nitrogen and oxygen atoms in total. The van der Waals surface area contributed by atoms with E-state index < -0.39 is 0 Å². The molecule has 0 aromatic heterocycles. The Morgan fingerprint density at radius 3 is 1.00 bits per heavy atom. The molecule has 2 N–H and O–H groups in total. The Kier molecular flexibility index (Phi) is 31.3. The van der Waals surface area contributed by atoms with Crippen molar-refractivity contribution >= 4 is 0 Å². The molecule has 0 amide bonds. The summed E-state index contributed by atoms with van der Waals surface area (Å²) in [6.07, 6.45) is 26.9. The maximum atomic E-state index is 8.67. The number of unbranched alkanes of at least 4 members (excludes halogenated alkanes) is 17. The van der Waals surface area contributed by atoms with E-state index in [2.05, 4.69) is 20.8 Å². The van der Waals surface area contributed by atoms with Crippen molar-refractivity contribution in [3.05, 3.63) is 0 Å². The lowest BCUT2D eigenvalue weighted by Crippen LogP contribution is -1.88. The first-order valence-corrected chi connectivity index (χ1v) is 12.9. The van der Waals surface area contributed by atoms with Gasteiger partial charge in [0.2, 0.25) is 0 Å². The zero-order valence-corrected chi connectivity index (χ0v) is 20.0. The summed E-state index contributed by atoms with van der Waals surface area (Å²) in [5.41, 5.74) is 0. The van der Waals surface area contributed by atoms with E-state index in [-0.39, 0.29) is 0 Å².